The minimum absolute atomic E-state index is 0.101. The van der Waals surface area contributed by atoms with Gasteiger partial charge in [-0.1, -0.05) is 62.9 Å². The number of hydrogen-bond donors (Lipinski definition) is 1. The molecule has 31 heavy (non-hydrogen) atoms. The Morgan fingerprint density at radius 1 is 1.16 bits per heavy atom. The first-order valence-electron chi connectivity index (χ1n) is 10.5. The van der Waals surface area contributed by atoms with Crippen LogP contribution in [0.25, 0.3) is 0 Å². The summed E-state index contributed by atoms with van der Waals surface area (Å²) in [6.45, 7) is 4.41. The highest BCUT2D eigenvalue weighted by molar-refractivity contribution is 7.92. The molecule has 1 amide bonds. The van der Waals surface area contributed by atoms with Crippen LogP contribution in [0.1, 0.15) is 39.5 Å². The molecule has 0 radical (unpaired) electrons. The Morgan fingerprint density at radius 2 is 1.87 bits per heavy atom. The first kappa shape index (κ1) is 25.0. The lowest BCUT2D eigenvalue weighted by atomic mass is 9.99. The highest BCUT2D eigenvalue weighted by atomic mass is 35.5. The monoisotopic (exact) mass is 466 g/mol. The number of nitrogens with one attached hydrogen (secondary N) is 1. The van der Waals surface area contributed by atoms with Crippen molar-refractivity contribution in [3.8, 4) is 5.75 Å². The van der Waals surface area contributed by atoms with Gasteiger partial charge in [0, 0.05) is 6.54 Å². The van der Waals surface area contributed by atoms with Gasteiger partial charge >= 0.3 is 0 Å². The summed E-state index contributed by atoms with van der Waals surface area (Å²) in [5, 5.41) is 3.16. The zero-order valence-corrected chi connectivity index (χ0v) is 19.9. The van der Waals surface area contributed by atoms with Crippen LogP contribution in [0.5, 0.6) is 5.75 Å². The minimum atomic E-state index is -3.97. The Kier molecular flexibility index (Phi) is 9.65. The number of rotatable bonds is 12. The van der Waals surface area contributed by atoms with Crippen molar-refractivity contribution in [1.82, 2.24) is 5.32 Å². The van der Waals surface area contributed by atoms with Crippen molar-refractivity contribution >= 4 is 33.2 Å². The van der Waals surface area contributed by atoms with E-state index in [1.807, 2.05) is 0 Å². The number of nitrogens with zero attached hydrogens (tertiary/aromatic N) is 1. The molecule has 1 atom stereocenters. The van der Waals surface area contributed by atoms with Crippen LogP contribution in [0.4, 0.5) is 5.69 Å². The van der Waals surface area contributed by atoms with E-state index in [0.717, 1.165) is 30.0 Å². The molecule has 0 aliphatic carbocycles. The van der Waals surface area contributed by atoms with Gasteiger partial charge in [0.25, 0.3) is 10.0 Å². The van der Waals surface area contributed by atoms with Crippen LogP contribution in [0.2, 0.25) is 5.02 Å². The molecule has 0 aromatic heterocycles. The highest BCUT2D eigenvalue weighted by Gasteiger charge is 2.27. The second-order valence-electron chi connectivity index (χ2n) is 7.36. The number of unbranched alkanes of at least 4 members (excludes halogenated alkanes) is 1. The molecular formula is C23H31ClN2O4S. The summed E-state index contributed by atoms with van der Waals surface area (Å²) < 4.78 is 32.9. The van der Waals surface area contributed by atoms with Gasteiger partial charge in [0.05, 0.1) is 22.7 Å². The van der Waals surface area contributed by atoms with E-state index in [1.54, 1.807) is 30.3 Å². The third kappa shape index (κ3) is 6.87. The SMILES string of the molecule is CCCCC(CC)CNC(=O)CN(c1ccc(OC)c(Cl)c1)S(=O)(=O)c1ccccc1. The molecule has 6 nitrogen and oxygen atoms in total. The Balaban J connectivity index is 2.28. The molecule has 2 aromatic carbocycles. The Morgan fingerprint density at radius 3 is 2.45 bits per heavy atom. The maximum absolute atomic E-state index is 13.3. The molecule has 0 bridgehead atoms. The molecule has 0 aliphatic rings. The quantitative estimate of drug-likeness (QED) is 0.483. The van der Waals surface area contributed by atoms with Crippen LogP contribution in [-0.4, -0.2) is 34.5 Å². The maximum atomic E-state index is 13.3. The Hall–Kier alpha value is -2.25. The molecule has 2 rings (SSSR count). The smallest absolute Gasteiger partial charge is 0.264 e. The number of carbonyl (C=O) groups excluding carboxylic acids is 1. The normalized spacial score (nSPS) is 12.3. The number of carbonyl (C=O) groups is 1. The van der Waals surface area contributed by atoms with Crippen LogP contribution in [0, 0.1) is 5.92 Å². The molecular weight excluding hydrogens is 436 g/mol. The van der Waals surface area contributed by atoms with Gasteiger partial charge in [0.2, 0.25) is 5.91 Å². The van der Waals surface area contributed by atoms with Gasteiger partial charge < -0.3 is 10.1 Å². The van der Waals surface area contributed by atoms with E-state index in [9.17, 15) is 13.2 Å². The topological polar surface area (TPSA) is 75.7 Å². The molecule has 0 heterocycles. The number of benzene rings is 2. The molecule has 0 saturated carbocycles. The van der Waals surface area contributed by atoms with Crippen molar-refractivity contribution in [2.24, 2.45) is 5.92 Å². The number of hydrogen-bond acceptors (Lipinski definition) is 4. The number of sulfonamides is 1. The van der Waals surface area contributed by atoms with E-state index in [1.165, 1.54) is 25.3 Å². The number of halogens is 1. The van der Waals surface area contributed by atoms with Crippen molar-refractivity contribution in [1.29, 1.82) is 0 Å². The van der Waals surface area contributed by atoms with Crippen molar-refractivity contribution < 1.29 is 17.9 Å². The van der Waals surface area contributed by atoms with Gasteiger partial charge in [0.15, 0.2) is 0 Å². The van der Waals surface area contributed by atoms with Crippen LogP contribution in [-0.2, 0) is 14.8 Å². The summed E-state index contributed by atoms with van der Waals surface area (Å²) in [5.41, 5.74) is 0.294. The molecule has 0 saturated heterocycles. The van der Waals surface area contributed by atoms with Gasteiger partial charge in [-0.05, 0) is 42.7 Å². The summed E-state index contributed by atoms with van der Waals surface area (Å²) in [5.74, 6) is 0.438. The Bertz CT molecular complexity index is 951. The van der Waals surface area contributed by atoms with E-state index in [4.69, 9.17) is 16.3 Å². The predicted molar refractivity (Wildman–Crippen MR) is 125 cm³/mol. The number of anilines is 1. The van der Waals surface area contributed by atoms with Crippen LogP contribution >= 0.6 is 11.6 Å². The van der Waals surface area contributed by atoms with Crippen molar-refractivity contribution in [3.05, 3.63) is 53.6 Å². The number of amides is 1. The van der Waals surface area contributed by atoms with E-state index in [-0.39, 0.29) is 22.4 Å². The van der Waals surface area contributed by atoms with E-state index < -0.39 is 10.0 Å². The zero-order chi connectivity index (χ0) is 22.9. The highest BCUT2D eigenvalue weighted by Crippen LogP contribution is 2.31. The fourth-order valence-electron chi connectivity index (χ4n) is 3.23. The predicted octanol–water partition coefficient (Wildman–Crippen LogP) is 4.88. The third-order valence-corrected chi connectivity index (χ3v) is 7.26. The third-order valence-electron chi connectivity index (χ3n) is 5.17. The molecule has 170 valence electrons. The molecule has 8 heteroatoms. The lowest BCUT2D eigenvalue weighted by Gasteiger charge is -2.25. The molecule has 2 aromatic rings. The lowest BCUT2D eigenvalue weighted by Crippen LogP contribution is -2.42. The van der Waals surface area contributed by atoms with Crippen molar-refractivity contribution in [2.75, 3.05) is 24.5 Å². The molecule has 0 aliphatic heterocycles. The summed E-state index contributed by atoms with van der Waals surface area (Å²) >= 11 is 6.23. The second kappa shape index (κ2) is 12.0. The van der Waals surface area contributed by atoms with Gasteiger partial charge in [-0.15, -0.1) is 0 Å². The summed E-state index contributed by atoms with van der Waals surface area (Å²) in [6, 6.07) is 12.7. The van der Waals surface area contributed by atoms with Crippen LogP contribution in [0.15, 0.2) is 53.4 Å². The van der Waals surface area contributed by atoms with Crippen LogP contribution < -0.4 is 14.4 Å². The average molecular weight is 467 g/mol. The first-order valence-corrected chi connectivity index (χ1v) is 12.3. The first-order chi connectivity index (χ1) is 14.8. The lowest BCUT2D eigenvalue weighted by molar-refractivity contribution is -0.119. The van der Waals surface area contributed by atoms with Gasteiger partial charge in [0.1, 0.15) is 12.3 Å². The number of methoxy groups -OCH3 is 1. The largest absolute Gasteiger partial charge is 0.495 e. The van der Waals surface area contributed by atoms with E-state index in [0.29, 0.717) is 23.9 Å². The average Bonchev–Trinajstić information content (AvgIpc) is 2.78. The maximum Gasteiger partial charge on any atom is 0.264 e. The number of ether oxygens (including phenoxy) is 1. The van der Waals surface area contributed by atoms with Gasteiger partial charge in [-0.2, -0.15) is 0 Å². The summed E-state index contributed by atoms with van der Waals surface area (Å²) in [6.07, 6.45) is 4.20. The molecule has 1 unspecified atom stereocenters. The fourth-order valence-corrected chi connectivity index (χ4v) is 4.92. The standard InChI is InChI=1S/C23H31ClN2O4S/c1-4-6-10-18(5-2)16-25-23(27)17-26(19-13-14-22(30-3)21(24)15-19)31(28,29)20-11-8-7-9-12-20/h7-9,11-15,18H,4-6,10,16-17H2,1-3H3,(H,25,27). The van der Waals surface area contributed by atoms with Crippen molar-refractivity contribution in [3.63, 3.8) is 0 Å². The summed E-state index contributed by atoms with van der Waals surface area (Å²) in [4.78, 5) is 12.8. The van der Waals surface area contributed by atoms with Crippen molar-refractivity contribution in [2.45, 2.75) is 44.4 Å². The van der Waals surface area contributed by atoms with Gasteiger partial charge in [-0.25, -0.2) is 8.42 Å². The van der Waals surface area contributed by atoms with E-state index in [2.05, 4.69) is 19.2 Å². The summed E-state index contributed by atoms with van der Waals surface area (Å²) in [7, 11) is -2.49. The minimum Gasteiger partial charge on any atom is -0.495 e. The molecule has 0 spiro atoms. The van der Waals surface area contributed by atoms with Gasteiger partial charge in [-0.3, -0.25) is 9.10 Å². The van der Waals surface area contributed by atoms with E-state index >= 15 is 0 Å². The second-order valence-corrected chi connectivity index (χ2v) is 9.63. The zero-order valence-electron chi connectivity index (χ0n) is 18.3. The Labute approximate surface area is 190 Å². The molecule has 0 fully saturated rings. The van der Waals surface area contributed by atoms with Crippen LogP contribution in [0.3, 0.4) is 0 Å². The fraction of sp³-hybridized carbons (Fsp3) is 0.435. The molecule has 1 N–H and O–H groups in total.